The predicted octanol–water partition coefficient (Wildman–Crippen LogP) is 2.17. The van der Waals surface area contributed by atoms with Crippen molar-refractivity contribution in [1.82, 2.24) is 9.78 Å². The lowest BCUT2D eigenvalue weighted by atomic mass is 10.2. The summed E-state index contributed by atoms with van der Waals surface area (Å²) in [5.74, 6) is -0.105. The van der Waals surface area contributed by atoms with E-state index in [1.165, 1.54) is 6.07 Å². The maximum atomic E-state index is 12.0. The van der Waals surface area contributed by atoms with Gasteiger partial charge in [0.05, 0.1) is 11.8 Å². The zero-order valence-corrected chi connectivity index (χ0v) is 10.3. The van der Waals surface area contributed by atoms with Crippen LogP contribution in [-0.4, -0.2) is 20.8 Å². The zero-order valence-electron chi connectivity index (χ0n) is 10.3. The topological polar surface area (TPSA) is 67.2 Å². The molecule has 0 aliphatic carbocycles. The number of phenols is 1. The highest BCUT2D eigenvalue weighted by Crippen LogP contribution is 2.17. The molecule has 1 aromatic heterocycles. The molecule has 0 bridgehead atoms. The summed E-state index contributed by atoms with van der Waals surface area (Å²) in [4.78, 5) is 12.0. The number of phenolic OH excluding ortho intramolecular Hbond substituents is 1. The summed E-state index contributed by atoms with van der Waals surface area (Å²) < 4.78 is 1.76. The van der Waals surface area contributed by atoms with E-state index in [-0.39, 0.29) is 11.7 Å². The normalized spacial score (nSPS) is 10.3. The third-order valence-electron chi connectivity index (χ3n) is 2.75. The van der Waals surface area contributed by atoms with Gasteiger partial charge in [0.2, 0.25) is 0 Å². The molecule has 1 amide bonds. The van der Waals surface area contributed by atoms with Gasteiger partial charge in [-0.2, -0.15) is 5.10 Å². The van der Waals surface area contributed by atoms with Crippen LogP contribution < -0.4 is 5.32 Å². The van der Waals surface area contributed by atoms with Crippen molar-refractivity contribution in [3.05, 3.63) is 41.7 Å². The molecule has 0 radical (unpaired) electrons. The van der Waals surface area contributed by atoms with Gasteiger partial charge in [-0.15, -0.1) is 0 Å². The Hall–Kier alpha value is -2.30. The molecular formula is C13H15N3O2. The summed E-state index contributed by atoms with van der Waals surface area (Å²) >= 11 is 0. The molecule has 2 N–H and O–H groups in total. The molecule has 0 fully saturated rings. The van der Waals surface area contributed by atoms with E-state index in [4.69, 9.17) is 0 Å². The molecule has 2 aromatic rings. The number of rotatable bonds is 3. The standard InChI is InChI=1S/C13H15N3O2/c1-3-16-9(2)12(8-14-16)13(18)15-10-5-4-6-11(17)7-10/h4-8,17H,3H2,1-2H3,(H,15,18). The monoisotopic (exact) mass is 245 g/mol. The highest BCUT2D eigenvalue weighted by atomic mass is 16.3. The minimum Gasteiger partial charge on any atom is -0.508 e. The minimum absolute atomic E-state index is 0.119. The van der Waals surface area contributed by atoms with Crippen LogP contribution in [0.15, 0.2) is 30.5 Å². The lowest BCUT2D eigenvalue weighted by Crippen LogP contribution is -2.13. The van der Waals surface area contributed by atoms with Crippen LogP contribution in [0.5, 0.6) is 5.75 Å². The summed E-state index contributed by atoms with van der Waals surface area (Å²) in [5, 5.41) is 16.2. The summed E-state index contributed by atoms with van der Waals surface area (Å²) in [6.45, 7) is 4.55. The second-order valence-electron chi connectivity index (χ2n) is 3.96. The third-order valence-corrected chi connectivity index (χ3v) is 2.75. The third kappa shape index (κ3) is 2.34. The fourth-order valence-corrected chi connectivity index (χ4v) is 1.77. The molecule has 0 saturated carbocycles. The Morgan fingerprint density at radius 3 is 2.89 bits per heavy atom. The van der Waals surface area contributed by atoms with Gasteiger partial charge in [0.1, 0.15) is 5.75 Å². The summed E-state index contributed by atoms with van der Waals surface area (Å²) in [7, 11) is 0. The maximum absolute atomic E-state index is 12.0. The first-order valence-electron chi connectivity index (χ1n) is 5.74. The number of anilines is 1. The number of hydrogen-bond acceptors (Lipinski definition) is 3. The van der Waals surface area contributed by atoms with Gasteiger partial charge in [0.25, 0.3) is 5.91 Å². The quantitative estimate of drug-likeness (QED) is 0.870. The zero-order chi connectivity index (χ0) is 13.1. The van der Waals surface area contributed by atoms with Crippen LogP contribution in [0.1, 0.15) is 23.0 Å². The van der Waals surface area contributed by atoms with Crippen LogP contribution in [0.25, 0.3) is 0 Å². The summed E-state index contributed by atoms with van der Waals surface area (Å²) in [5.41, 5.74) is 1.93. The number of aromatic hydroxyl groups is 1. The van der Waals surface area contributed by atoms with E-state index >= 15 is 0 Å². The Labute approximate surface area is 105 Å². The Bertz CT molecular complexity index is 575. The number of aromatic nitrogens is 2. The van der Waals surface area contributed by atoms with Crippen molar-refractivity contribution in [1.29, 1.82) is 0 Å². The van der Waals surface area contributed by atoms with E-state index in [9.17, 15) is 9.90 Å². The Kier molecular flexibility index (Phi) is 3.32. The maximum Gasteiger partial charge on any atom is 0.259 e. The lowest BCUT2D eigenvalue weighted by Gasteiger charge is -2.05. The number of carbonyl (C=O) groups is 1. The number of hydrogen-bond donors (Lipinski definition) is 2. The fourth-order valence-electron chi connectivity index (χ4n) is 1.77. The number of aryl methyl sites for hydroxylation is 1. The van der Waals surface area contributed by atoms with Crippen molar-refractivity contribution < 1.29 is 9.90 Å². The van der Waals surface area contributed by atoms with Crippen molar-refractivity contribution in [2.45, 2.75) is 20.4 Å². The average molecular weight is 245 g/mol. The number of nitrogens with one attached hydrogen (secondary N) is 1. The number of nitrogens with zero attached hydrogens (tertiary/aromatic N) is 2. The molecule has 1 heterocycles. The minimum atomic E-state index is -0.224. The van der Waals surface area contributed by atoms with Crippen molar-refractivity contribution in [2.24, 2.45) is 0 Å². The Balaban J connectivity index is 2.19. The highest BCUT2D eigenvalue weighted by molar-refractivity contribution is 6.04. The van der Waals surface area contributed by atoms with Gasteiger partial charge in [-0.1, -0.05) is 6.07 Å². The SMILES string of the molecule is CCn1ncc(C(=O)Nc2cccc(O)c2)c1C. The summed E-state index contributed by atoms with van der Waals surface area (Å²) in [6, 6.07) is 6.44. The van der Waals surface area contributed by atoms with E-state index in [0.717, 1.165) is 12.2 Å². The number of benzene rings is 1. The van der Waals surface area contributed by atoms with Crippen LogP contribution in [0.2, 0.25) is 0 Å². The van der Waals surface area contributed by atoms with Gasteiger partial charge in [0.15, 0.2) is 0 Å². The molecule has 0 unspecified atom stereocenters. The van der Waals surface area contributed by atoms with Crippen molar-refractivity contribution in [3.63, 3.8) is 0 Å². The molecule has 0 spiro atoms. The molecule has 0 aliphatic rings. The molecule has 5 heteroatoms. The second-order valence-corrected chi connectivity index (χ2v) is 3.96. The Morgan fingerprint density at radius 2 is 2.28 bits per heavy atom. The molecule has 2 rings (SSSR count). The van der Waals surface area contributed by atoms with Gasteiger partial charge in [-0.25, -0.2) is 0 Å². The second kappa shape index (κ2) is 4.91. The van der Waals surface area contributed by atoms with E-state index in [1.807, 2.05) is 13.8 Å². The first-order chi connectivity index (χ1) is 8.61. The first-order valence-corrected chi connectivity index (χ1v) is 5.74. The van der Waals surface area contributed by atoms with E-state index in [2.05, 4.69) is 10.4 Å². The van der Waals surface area contributed by atoms with Gasteiger partial charge >= 0.3 is 0 Å². The van der Waals surface area contributed by atoms with Gasteiger partial charge in [0, 0.05) is 24.0 Å². The highest BCUT2D eigenvalue weighted by Gasteiger charge is 2.13. The molecular weight excluding hydrogens is 230 g/mol. The molecule has 94 valence electrons. The molecule has 0 atom stereocenters. The molecule has 0 aliphatic heterocycles. The smallest absolute Gasteiger partial charge is 0.259 e. The first kappa shape index (κ1) is 12.2. The van der Waals surface area contributed by atoms with Crippen LogP contribution in [0.3, 0.4) is 0 Å². The van der Waals surface area contributed by atoms with Crippen molar-refractivity contribution in [3.8, 4) is 5.75 Å². The van der Waals surface area contributed by atoms with Crippen LogP contribution >= 0.6 is 0 Å². The van der Waals surface area contributed by atoms with Gasteiger partial charge < -0.3 is 10.4 Å². The average Bonchev–Trinajstić information content (AvgIpc) is 2.70. The van der Waals surface area contributed by atoms with Gasteiger partial charge in [-0.05, 0) is 26.0 Å². The van der Waals surface area contributed by atoms with Crippen molar-refractivity contribution in [2.75, 3.05) is 5.32 Å². The van der Waals surface area contributed by atoms with Gasteiger partial charge in [-0.3, -0.25) is 9.48 Å². The fraction of sp³-hybridized carbons (Fsp3) is 0.231. The molecule has 5 nitrogen and oxygen atoms in total. The van der Waals surface area contributed by atoms with Crippen molar-refractivity contribution >= 4 is 11.6 Å². The van der Waals surface area contributed by atoms with E-state index in [0.29, 0.717) is 11.3 Å². The largest absolute Gasteiger partial charge is 0.508 e. The predicted molar refractivity (Wildman–Crippen MR) is 68.7 cm³/mol. The van der Waals surface area contributed by atoms with Crippen LogP contribution in [-0.2, 0) is 6.54 Å². The molecule has 1 aromatic carbocycles. The lowest BCUT2D eigenvalue weighted by molar-refractivity contribution is 0.102. The van der Waals surface area contributed by atoms with Crippen LogP contribution in [0.4, 0.5) is 5.69 Å². The summed E-state index contributed by atoms with van der Waals surface area (Å²) in [6.07, 6.45) is 1.55. The Morgan fingerprint density at radius 1 is 1.50 bits per heavy atom. The van der Waals surface area contributed by atoms with E-state index < -0.39 is 0 Å². The molecule has 0 saturated heterocycles. The van der Waals surface area contributed by atoms with E-state index in [1.54, 1.807) is 29.1 Å². The van der Waals surface area contributed by atoms with Crippen LogP contribution in [0, 0.1) is 6.92 Å². The molecule has 18 heavy (non-hydrogen) atoms. The number of carbonyl (C=O) groups excluding carboxylic acids is 1. The number of amides is 1.